The zero-order chi connectivity index (χ0) is 13.1. The highest BCUT2D eigenvalue weighted by Crippen LogP contribution is 2.16. The monoisotopic (exact) mass is 252 g/mol. The summed E-state index contributed by atoms with van der Waals surface area (Å²) in [6, 6.07) is 14.6. The van der Waals surface area contributed by atoms with Gasteiger partial charge in [-0.05, 0) is 47.3 Å². The van der Waals surface area contributed by atoms with Crippen LogP contribution in [0.4, 0.5) is 10.1 Å². The fraction of sp³-hybridized carbons (Fsp3) is 0.0625. The largest absolute Gasteiger partial charge is 0.381 e. The second-order valence-corrected chi connectivity index (χ2v) is 4.42. The number of nitrogens with zero attached hydrogens (tertiary/aromatic N) is 1. The maximum absolute atomic E-state index is 12.8. The highest BCUT2D eigenvalue weighted by atomic mass is 19.1. The van der Waals surface area contributed by atoms with Gasteiger partial charge < -0.3 is 5.32 Å². The van der Waals surface area contributed by atoms with Crippen molar-refractivity contribution in [2.45, 2.75) is 6.54 Å². The van der Waals surface area contributed by atoms with Crippen LogP contribution in [0.1, 0.15) is 5.56 Å². The number of fused-ring (bicyclic) bond motifs is 1. The van der Waals surface area contributed by atoms with Gasteiger partial charge in [0.1, 0.15) is 5.82 Å². The van der Waals surface area contributed by atoms with E-state index >= 15 is 0 Å². The third kappa shape index (κ3) is 2.71. The van der Waals surface area contributed by atoms with Crippen LogP contribution in [0, 0.1) is 5.82 Å². The van der Waals surface area contributed by atoms with Gasteiger partial charge in [-0.3, -0.25) is 4.98 Å². The van der Waals surface area contributed by atoms with E-state index in [1.165, 1.54) is 23.1 Å². The van der Waals surface area contributed by atoms with Crippen LogP contribution < -0.4 is 5.32 Å². The molecule has 3 heteroatoms. The second kappa shape index (κ2) is 5.06. The topological polar surface area (TPSA) is 24.9 Å². The summed E-state index contributed by atoms with van der Waals surface area (Å²) in [5, 5.41) is 5.58. The molecule has 0 aliphatic carbocycles. The molecule has 3 rings (SSSR count). The molecular formula is C16H13FN2. The van der Waals surface area contributed by atoms with Gasteiger partial charge in [-0.2, -0.15) is 0 Å². The van der Waals surface area contributed by atoms with Crippen molar-refractivity contribution in [2.24, 2.45) is 0 Å². The fourth-order valence-electron chi connectivity index (χ4n) is 2.01. The molecule has 0 spiro atoms. The molecule has 2 nitrogen and oxygen atoms in total. The maximum Gasteiger partial charge on any atom is 0.123 e. The Bertz CT molecular complexity index is 692. The summed E-state index contributed by atoms with van der Waals surface area (Å²) in [6.45, 7) is 0.712. The number of nitrogens with one attached hydrogen (secondary N) is 1. The van der Waals surface area contributed by atoms with Crippen LogP contribution in [0.2, 0.25) is 0 Å². The SMILES string of the molecule is Fc1ccc(NCc2ccc3cnccc3c2)cc1. The van der Waals surface area contributed by atoms with Gasteiger partial charge in [-0.1, -0.05) is 12.1 Å². The molecule has 2 aromatic carbocycles. The average Bonchev–Trinajstić information content (AvgIpc) is 2.46. The molecule has 1 aromatic heterocycles. The van der Waals surface area contributed by atoms with Gasteiger partial charge in [0.15, 0.2) is 0 Å². The molecule has 1 N–H and O–H groups in total. The van der Waals surface area contributed by atoms with Crippen molar-refractivity contribution < 1.29 is 4.39 Å². The molecule has 0 saturated carbocycles. The van der Waals surface area contributed by atoms with Gasteiger partial charge in [0, 0.05) is 30.0 Å². The van der Waals surface area contributed by atoms with E-state index in [2.05, 4.69) is 28.5 Å². The first kappa shape index (κ1) is 11.7. The molecule has 0 radical (unpaired) electrons. The third-order valence-electron chi connectivity index (χ3n) is 3.05. The predicted molar refractivity (Wildman–Crippen MR) is 75.5 cm³/mol. The van der Waals surface area contributed by atoms with E-state index in [0.717, 1.165) is 11.1 Å². The molecule has 0 unspecified atom stereocenters. The Balaban J connectivity index is 1.76. The number of hydrogen-bond donors (Lipinski definition) is 1. The Kier molecular flexibility index (Phi) is 3.11. The first-order valence-electron chi connectivity index (χ1n) is 6.13. The van der Waals surface area contributed by atoms with Gasteiger partial charge in [0.25, 0.3) is 0 Å². The highest BCUT2D eigenvalue weighted by Gasteiger charge is 1.97. The number of halogens is 1. The minimum Gasteiger partial charge on any atom is -0.381 e. The molecule has 1 heterocycles. The maximum atomic E-state index is 12.8. The zero-order valence-corrected chi connectivity index (χ0v) is 10.3. The minimum atomic E-state index is -0.219. The van der Waals surface area contributed by atoms with Crippen LogP contribution in [0.15, 0.2) is 60.9 Å². The zero-order valence-electron chi connectivity index (χ0n) is 10.3. The lowest BCUT2D eigenvalue weighted by Gasteiger charge is -2.07. The van der Waals surface area contributed by atoms with Crippen molar-refractivity contribution in [3.63, 3.8) is 0 Å². The molecule has 0 atom stereocenters. The normalized spacial score (nSPS) is 10.6. The lowest BCUT2D eigenvalue weighted by atomic mass is 10.1. The minimum absolute atomic E-state index is 0.219. The molecule has 0 aliphatic rings. The van der Waals surface area contributed by atoms with E-state index in [9.17, 15) is 4.39 Å². The average molecular weight is 252 g/mol. The number of hydrogen-bond acceptors (Lipinski definition) is 2. The smallest absolute Gasteiger partial charge is 0.123 e. The summed E-state index contributed by atoms with van der Waals surface area (Å²) in [6.07, 6.45) is 3.64. The molecule has 0 amide bonds. The predicted octanol–water partition coefficient (Wildman–Crippen LogP) is 3.99. The Morgan fingerprint density at radius 3 is 2.63 bits per heavy atom. The summed E-state index contributed by atoms with van der Waals surface area (Å²) >= 11 is 0. The Labute approximate surface area is 110 Å². The van der Waals surface area contributed by atoms with Crippen LogP contribution in [0.25, 0.3) is 10.8 Å². The number of aromatic nitrogens is 1. The Morgan fingerprint density at radius 1 is 0.947 bits per heavy atom. The van der Waals surface area contributed by atoms with Crippen molar-refractivity contribution in [2.75, 3.05) is 5.32 Å². The van der Waals surface area contributed by atoms with Crippen molar-refractivity contribution in [3.05, 3.63) is 72.3 Å². The standard InChI is InChI=1S/C16H13FN2/c17-15-3-5-16(6-4-15)19-10-12-1-2-14-11-18-8-7-13(14)9-12/h1-9,11,19H,10H2. The van der Waals surface area contributed by atoms with Crippen LogP contribution in [0.3, 0.4) is 0 Å². The molecule has 3 aromatic rings. The fourth-order valence-corrected chi connectivity index (χ4v) is 2.01. The highest BCUT2D eigenvalue weighted by molar-refractivity contribution is 5.82. The quantitative estimate of drug-likeness (QED) is 0.762. The molecule has 0 aliphatic heterocycles. The molecule has 0 saturated heterocycles. The van der Waals surface area contributed by atoms with Gasteiger partial charge >= 0.3 is 0 Å². The number of anilines is 1. The van der Waals surface area contributed by atoms with Gasteiger partial charge in [-0.15, -0.1) is 0 Å². The molecular weight excluding hydrogens is 239 g/mol. The summed E-state index contributed by atoms with van der Waals surface area (Å²) < 4.78 is 12.8. The van der Waals surface area contributed by atoms with E-state index in [1.807, 2.05) is 12.3 Å². The van der Waals surface area contributed by atoms with Crippen LogP contribution in [-0.4, -0.2) is 4.98 Å². The van der Waals surface area contributed by atoms with E-state index in [0.29, 0.717) is 6.54 Å². The second-order valence-electron chi connectivity index (χ2n) is 4.42. The first-order valence-corrected chi connectivity index (χ1v) is 6.13. The number of rotatable bonds is 3. The number of benzene rings is 2. The van der Waals surface area contributed by atoms with E-state index in [1.54, 1.807) is 18.3 Å². The van der Waals surface area contributed by atoms with E-state index in [4.69, 9.17) is 0 Å². The third-order valence-corrected chi connectivity index (χ3v) is 3.05. The van der Waals surface area contributed by atoms with Gasteiger partial charge in [-0.25, -0.2) is 4.39 Å². The Morgan fingerprint density at radius 2 is 1.79 bits per heavy atom. The van der Waals surface area contributed by atoms with Gasteiger partial charge in [0.05, 0.1) is 0 Å². The lowest BCUT2D eigenvalue weighted by molar-refractivity contribution is 0.628. The molecule has 94 valence electrons. The van der Waals surface area contributed by atoms with Crippen LogP contribution in [-0.2, 0) is 6.54 Å². The van der Waals surface area contributed by atoms with Crippen molar-refractivity contribution >= 4 is 16.5 Å². The van der Waals surface area contributed by atoms with Crippen molar-refractivity contribution in [1.29, 1.82) is 0 Å². The molecule has 19 heavy (non-hydrogen) atoms. The van der Waals surface area contributed by atoms with Crippen LogP contribution in [0.5, 0.6) is 0 Å². The molecule has 0 fully saturated rings. The Hall–Kier alpha value is -2.42. The summed E-state index contributed by atoms with van der Waals surface area (Å²) in [4.78, 5) is 4.09. The van der Waals surface area contributed by atoms with E-state index < -0.39 is 0 Å². The van der Waals surface area contributed by atoms with Crippen molar-refractivity contribution in [1.82, 2.24) is 4.98 Å². The number of pyridine rings is 1. The summed E-state index contributed by atoms with van der Waals surface area (Å²) in [5.41, 5.74) is 2.10. The van der Waals surface area contributed by atoms with E-state index in [-0.39, 0.29) is 5.82 Å². The first-order chi connectivity index (χ1) is 9.31. The lowest BCUT2D eigenvalue weighted by Crippen LogP contribution is -1.99. The van der Waals surface area contributed by atoms with Gasteiger partial charge in [0.2, 0.25) is 0 Å². The summed E-state index contributed by atoms with van der Waals surface area (Å²) in [5.74, 6) is -0.219. The van der Waals surface area contributed by atoms with Crippen molar-refractivity contribution in [3.8, 4) is 0 Å². The van der Waals surface area contributed by atoms with Crippen LogP contribution >= 0.6 is 0 Å². The molecule has 0 bridgehead atoms. The summed E-state index contributed by atoms with van der Waals surface area (Å²) in [7, 11) is 0.